The van der Waals surface area contributed by atoms with Gasteiger partial charge in [0, 0.05) is 25.2 Å². The molecule has 152 valence electrons. The number of piperidine rings is 1. The molecule has 29 heavy (non-hydrogen) atoms. The van der Waals surface area contributed by atoms with Crippen molar-refractivity contribution in [2.75, 3.05) is 31.1 Å². The maximum Gasteiger partial charge on any atom is 0.270 e. The van der Waals surface area contributed by atoms with E-state index in [-0.39, 0.29) is 24.2 Å². The van der Waals surface area contributed by atoms with E-state index < -0.39 is 4.92 Å². The predicted octanol–water partition coefficient (Wildman–Crippen LogP) is 3.15. The average Bonchev–Trinajstić information content (AvgIpc) is 2.77. The maximum atomic E-state index is 12.9. The second-order valence-electron chi connectivity index (χ2n) is 7.21. The summed E-state index contributed by atoms with van der Waals surface area (Å²) >= 11 is 0. The molecule has 0 aliphatic carbocycles. The number of fused-ring (bicyclic) bond motifs is 1. The molecule has 1 amide bonds. The van der Waals surface area contributed by atoms with Gasteiger partial charge in [0.15, 0.2) is 11.5 Å². The van der Waals surface area contributed by atoms with E-state index >= 15 is 0 Å². The van der Waals surface area contributed by atoms with E-state index in [0.717, 1.165) is 38.0 Å². The van der Waals surface area contributed by atoms with Gasteiger partial charge in [-0.05, 0) is 37.5 Å². The molecule has 0 spiro atoms. The van der Waals surface area contributed by atoms with Crippen LogP contribution in [0.25, 0.3) is 0 Å². The zero-order chi connectivity index (χ0) is 20.2. The van der Waals surface area contributed by atoms with Crippen LogP contribution in [0.4, 0.5) is 11.4 Å². The van der Waals surface area contributed by atoms with Crippen molar-refractivity contribution >= 4 is 17.3 Å². The van der Waals surface area contributed by atoms with Gasteiger partial charge in [-0.25, -0.2) is 0 Å². The number of carbonyl (C=O) groups is 1. The first-order chi connectivity index (χ1) is 14.1. The number of non-ortho nitro benzene ring substituents is 1. The largest absolute Gasteiger partial charge is 0.486 e. The number of ether oxygens (including phenoxy) is 2. The molecule has 1 atom stereocenters. The lowest BCUT2D eigenvalue weighted by atomic mass is 10.1. The molecule has 4 rings (SSSR count). The number of nitrogens with zero attached hydrogens (tertiary/aromatic N) is 2. The third kappa shape index (κ3) is 4.26. The van der Waals surface area contributed by atoms with Gasteiger partial charge in [-0.15, -0.1) is 0 Å². The highest BCUT2D eigenvalue weighted by Gasteiger charge is 2.24. The lowest BCUT2D eigenvalue weighted by Gasteiger charge is -2.30. The van der Waals surface area contributed by atoms with E-state index in [1.165, 1.54) is 12.1 Å². The molecule has 2 aromatic rings. The van der Waals surface area contributed by atoms with Crippen molar-refractivity contribution in [2.45, 2.75) is 25.4 Å². The van der Waals surface area contributed by atoms with Crippen molar-refractivity contribution in [1.29, 1.82) is 0 Å². The van der Waals surface area contributed by atoms with Crippen LogP contribution in [0, 0.1) is 10.1 Å². The number of nitro benzene ring substituents is 1. The minimum absolute atomic E-state index is 0.0953. The molecule has 2 aliphatic heterocycles. The molecule has 1 N–H and O–H groups in total. The van der Waals surface area contributed by atoms with E-state index in [2.05, 4.69) is 10.2 Å². The summed E-state index contributed by atoms with van der Waals surface area (Å²) in [5.41, 5.74) is 0.958. The first-order valence-electron chi connectivity index (χ1n) is 9.82. The van der Waals surface area contributed by atoms with Crippen LogP contribution >= 0.6 is 0 Å². The molecule has 0 saturated carbocycles. The van der Waals surface area contributed by atoms with Crippen molar-refractivity contribution in [3.8, 4) is 11.5 Å². The highest BCUT2D eigenvalue weighted by molar-refractivity contribution is 6.00. The summed E-state index contributed by atoms with van der Waals surface area (Å²) in [6.07, 6.45) is 2.92. The minimum Gasteiger partial charge on any atom is -0.486 e. The molecule has 0 bridgehead atoms. The van der Waals surface area contributed by atoms with Gasteiger partial charge in [0.25, 0.3) is 11.6 Å². The number of hydrogen-bond acceptors (Lipinski definition) is 6. The standard InChI is InChI=1S/C21H23N3O5/c25-21(22-13-16-14-28-19-6-2-3-7-20(19)29-16)17-12-15(24(26)27)8-9-18(17)23-10-4-1-5-11-23/h2-3,6-9,12,16H,1,4-5,10-11,13-14H2,(H,22,25). The summed E-state index contributed by atoms with van der Waals surface area (Å²) in [7, 11) is 0. The maximum absolute atomic E-state index is 12.9. The van der Waals surface area contributed by atoms with Crippen molar-refractivity contribution in [3.05, 3.63) is 58.1 Å². The number of rotatable bonds is 5. The Balaban J connectivity index is 1.48. The molecule has 0 aromatic heterocycles. The molecule has 1 saturated heterocycles. The van der Waals surface area contributed by atoms with Gasteiger partial charge >= 0.3 is 0 Å². The molecule has 0 radical (unpaired) electrons. The van der Waals surface area contributed by atoms with Crippen LogP contribution in [0.2, 0.25) is 0 Å². The predicted molar refractivity (Wildman–Crippen MR) is 108 cm³/mol. The number of anilines is 1. The number of nitrogens with one attached hydrogen (secondary N) is 1. The smallest absolute Gasteiger partial charge is 0.270 e. The molecule has 8 nitrogen and oxygen atoms in total. The lowest BCUT2D eigenvalue weighted by molar-refractivity contribution is -0.384. The molecular weight excluding hydrogens is 374 g/mol. The highest BCUT2D eigenvalue weighted by atomic mass is 16.6. The minimum atomic E-state index is -0.480. The summed E-state index contributed by atoms with van der Waals surface area (Å²) in [5, 5.41) is 14.1. The van der Waals surface area contributed by atoms with Crippen LogP contribution < -0.4 is 19.7 Å². The Bertz CT molecular complexity index is 911. The number of hydrogen-bond donors (Lipinski definition) is 1. The summed E-state index contributed by atoms with van der Waals surface area (Å²) < 4.78 is 11.5. The SMILES string of the molecule is O=C(NCC1COc2ccccc2O1)c1cc([N+](=O)[O-])ccc1N1CCCCC1. The Morgan fingerprint density at radius 2 is 1.90 bits per heavy atom. The summed E-state index contributed by atoms with van der Waals surface area (Å²) in [4.78, 5) is 25.8. The van der Waals surface area contributed by atoms with E-state index in [0.29, 0.717) is 23.7 Å². The van der Waals surface area contributed by atoms with Crippen molar-refractivity contribution in [3.63, 3.8) is 0 Å². The van der Waals surface area contributed by atoms with Gasteiger partial charge in [-0.1, -0.05) is 12.1 Å². The van der Waals surface area contributed by atoms with Crippen LogP contribution in [-0.2, 0) is 0 Å². The fourth-order valence-electron chi connectivity index (χ4n) is 3.70. The van der Waals surface area contributed by atoms with Crippen molar-refractivity contribution < 1.29 is 19.2 Å². The zero-order valence-corrected chi connectivity index (χ0v) is 16.0. The second kappa shape index (κ2) is 8.38. The second-order valence-corrected chi connectivity index (χ2v) is 7.21. The quantitative estimate of drug-likeness (QED) is 0.615. The molecule has 2 aromatic carbocycles. The van der Waals surface area contributed by atoms with E-state index in [9.17, 15) is 14.9 Å². The summed E-state index contributed by atoms with van der Waals surface area (Å²) in [5.74, 6) is 0.972. The third-order valence-electron chi connectivity index (χ3n) is 5.19. The zero-order valence-electron chi connectivity index (χ0n) is 16.0. The van der Waals surface area contributed by atoms with Gasteiger partial charge in [0.1, 0.15) is 12.7 Å². The Labute approximate surface area is 168 Å². The van der Waals surface area contributed by atoms with Crippen LogP contribution in [0.5, 0.6) is 11.5 Å². The summed E-state index contributed by atoms with van der Waals surface area (Å²) in [6.45, 7) is 2.25. The Morgan fingerprint density at radius 3 is 2.66 bits per heavy atom. The van der Waals surface area contributed by atoms with Gasteiger partial charge in [-0.3, -0.25) is 14.9 Å². The number of nitro groups is 1. The number of carbonyl (C=O) groups excluding carboxylic acids is 1. The fraction of sp³-hybridized carbons (Fsp3) is 0.381. The van der Waals surface area contributed by atoms with Crippen molar-refractivity contribution in [2.24, 2.45) is 0 Å². The topological polar surface area (TPSA) is 93.9 Å². The Hall–Kier alpha value is -3.29. The van der Waals surface area contributed by atoms with Gasteiger partial charge in [0.05, 0.1) is 22.7 Å². The van der Waals surface area contributed by atoms with Crippen LogP contribution in [0.1, 0.15) is 29.6 Å². The first-order valence-corrected chi connectivity index (χ1v) is 9.82. The van der Waals surface area contributed by atoms with Crippen LogP contribution in [0.3, 0.4) is 0 Å². The van der Waals surface area contributed by atoms with Crippen molar-refractivity contribution in [1.82, 2.24) is 5.32 Å². The number of benzene rings is 2. The summed E-state index contributed by atoms with van der Waals surface area (Å²) in [6, 6.07) is 11.9. The molecule has 2 heterocycles. The lowest BCUT2D eigenvalue weighted by Crippen LogP contribution is -2.41. The normalized spacial score (nSPS) is 18.2. The molecule has 8 heteroatoms. The van der Waals surface area contributed by atoms with E-state index in [1.54, 1.807) is 6.07 Å². The highest BCUT2D eigenvalue weighted by Crippen LogP contribution is 2.31. The van der Waals surface area contributed by atoms with Gasteiger partial charge < -0.3 is 19.7 Å². The van der Waals surface area contributed by atoms with Gasteiger partial charge in [-0.2, -0.15) is 0 Å². The average molecular weight is 397 g/mol. The Kier molecular flexibility index (Phi) is 5.50. The third-order valence-corrected chi connectivity index (χ3v) is 5.19. The fourth-order valence-corrected chi connectivity index (χ4v) is 3.70. The first kappa shape index (κ1) is 19.0. The van der Waals surface area contributed by atoms with Crippen LogP contribution in [0.15, 0.2) is 42.5 Å². The number of amides is 1. The van der Waals surface area contributed by atoms with Gasteiger partial charge in [0.2, 0.25) is 0 Å². The van der Waals surface area contributed by atoms with Crippen LogP contribution in [-0.4, -0.2) is 43.2 Å². The van der Waals surface area contributed by atoms with E-state index in [4.69, 9.17) is 9.47 Å². The monoisotopic (exact) mass is 397 g/mol. The molecule has 1 fully saturated rings. The van der Waals surface area contributed by atoms with E-state index in [1.807, 2.05) is 24.3 Å². The number of para-hydroxylation sites is 2. The molecule has 2 aliphatic rings. The molecule has 1 unspecified atom stereocenters. The molecular formula is C21H23N3O5. The Morgan fingerprint density at radius 1 is 1.14 bits per heavy atom.